The standard InChI is InChI=1S/C21H25N3O8/c1-4-22-20(25)13-32-15-7-5-6-14(10-15)23-21(26)16-11-18(30-3)19(31-9-8-29-2)12-17(16)24(27)28/h5-7,10-12H,4,8-9,13H2,1-3H3,(H,22,25)(H,23,26). The molecule has 0 atom stereocenters. The molecule has 0 saturated heterocycles. The van der Waals surface area contributed by atoms with Crippen molar-refractivity contribution < 1.29 is 33.5 Å². The number of methoxy groups -OCH3 is 2. The van der Waals surface area contributed by atoms with Gasteiger partial charge in [-0.1, -0.05) is 6.07 Å². The normalized spacial score (nSPS) is 10.2. The molecule has 0 radical (unpaired) electrons. The second-order valence-corrected chi connectivity index (χ2v) is 6.34. The minimum Gasteiger partial charge on any atom is -0.493 e. The molecule has 0 fully saturated rings. The highest BCUT2D eigenvalue weighted by molar-refractivity contribution is 6.07. The van der Waals surface area contributed by atoms with Crippen molar-refractivity contribution in [2.75, 3.05) is 45.9 Å². The Labute approximate surface area is 184 Å². The van der Waals surface area contributed by atoms with E-state index >= 15 is 0 Å². The van der Waals surface area contributed by atoms with Crippen molar-refractivity contribution in [2.45, 2.75) is 6.92 Å². The van der Waals surface area contributed by atoms with E-state index < -0.39 is 16.5 Å². The Kier molecular flexibility index (Phi) is 9.23. The van der Waals surface area contributed by atoms with Crippen molar-refractivity contribution in [1.29, 1.82) is 0 Å². The summed E-state index contributed by atoms with van der Waals surface area (Å²) in [6, 6.07) is 8.70. The van der Waals surface area contributed by atoms with Crippen molar-refractivity contribution in [1.82, 2.24) is 5.32 Å². The molecular weight excluding hydrogens is 422 g/mol. The summed E-state index contributed by atoms with van der Waals surface area (Å²) in [4.78, 5) is 35.2. The molecule has 0 aliphatic carbocycles. The highest BCUT2D eigenvalue weighted by atomic mass is 16.6. The van der Waals surface area contributed by atoms with Crippen LogP contribution in [0.5, 0.6) is 17.2 Å². The van der Waals surface area contributed by atoms with E-state index in [1.807, 2.05) is 0 Å². The number of nitro groups is 1. The second kappa shape index (κ2) is 12.1. The van der Waals surface area contributed by atoms with E-state index in [4.69, 9.17) is 18.9 Å². The van der Waals surface area contributed by atoms with Crippen LogP contribution in [0.15, 0.2) is 36.4 Å². The predicted octanol–water partition coefficient (Wildman–Crippen LogP) is 2.40. The number of ether oxygens (including phenoxy) is 4. The van der Waals surface area contributed by atoms with Crippen LogP contribution in [0.3, 0.4) is 0 Å². The smallest absolute Gasteiger partial charge is 0.286 e. The third-order valence-corrected chi connectivity index (χ3v) is 4.10. The molecule has 0 aliphatic heterocycles. The highest BCUT2D eigenvalue weighted by Crippen LogP contribution is 2.35. The summed E-state index contributed by atoms with van der Waals surface area (Å²) in [5, 5.41) is 16.8. The van der Waals surface area contributed by atoms with E-state index in [-0.39, 0.29) is 42.8 Å². The Morgan fingerprint density at radius 3 is 2.50 bits per heavy atom. The topological polar surface area (TPSA) is 138 Å². The molecule has 0 aliphatic rings. The first-order valence-electron chi connectivity index (χ1n) is 9.68. The first-order chi connectivity index (χ1) is 15.4. The van der Waals surface area contributed by atoms with Crippen molar-refractivity contribution in [3.63, 3.8) is 0 Å². The molecule has 2 amide bonds. The fourth-order valence-electron chi connectivity index (χ4n) is 2.65. The third kappa shape index (κ3) is 6.84. The van der Waals surface area contributed by atoms with Gasteiger partial charge < -0.3 is 29.6 Å². The summed E-state index contributed by atoms with van der Waals surface area (Å²) in [6.45, 7) is 2.52. The Morgan fingerprint density at radius 2 is 1.84 bits per heavy atom. The van der Waals surface area contributed by atoms with Gasteiger partial charge in [-0.15, -0.1) is 0 Å². The lowest BCUT2D eigenvalue weighted by molar-refractivity contribution is -0.385. The number of likely N-dealkylation sites (N-methyl/N-ethyl adjacent to an activating group) is 1. The van der Waals surface area contributed by atoms with Crippen LogP contribution < -0.4 is 24.8 Å². The number of amides is 2. The number of nitrogens with zero attached hydrogens (tertiary/aromatic N) is 1. The molecule has 0 spiro atoms. The number of hydrogen-bond acceptors (Lipinski definition) is 8. The number of benzene rings is 2. The molecule has 11 heteroatoms. The highest BCUT2D eigenvalue weighted by Gasteiger charge is 2.25. The number of nitrogens with one attached hydrogen (secondary N) is 2. The molecule has 2 aromatic rings. The SMILES string of the molecule is CCNC(=O)COc1cccc(NC(=O)c2cc(OC)c(OCCOC)cc2[N+](=O)[O-])c1. The van der Waals surface area contributed by atoms with Gasteiger partial charge in [-0.3, -0.25) is 19.7 Å². The van der Waals surface area contributed by atoms with Crippen LogP contribution in [0, 0.1) is 10.1 Å². The monoisotopic (exact) mass is 447 g/mol. The summed E-state index contributed by atoms with van der Waals surface area (Å²) in [5.74, 6) is -0.371. The van der Waals surface area contributed by atoms with Gasteiger partial charge in [0.2, 0.25) is 0 Å². The zero-order valence-electron chi connectivity index (χ0n) is 18.0. The predicted molar refractivity (Wildman–Crippen MR) is 116 cm³/mol. The number of anilines is 1. The minimum absolute atomic E-state index is 0.119. The summed E-state index contributed by atoms with van der Waals surface area (Å²) in [5.41, 5.74) is -0.323. The Morgan fingerprint density at radius 1 is 1.06 bits per heavy atom. The van der Waals surface area contributed by atoms with Gasteiger partial charge in [0.25, 0.3) is 17.5 Å². The molecule has 2 aromatic carbocycles. The van der Waals surface area contributed by atoms with Gasteiger partial charge in [-0.2, -0.15) is 0 Å². The summed E-state index contributed by atoms with van der Waals surface area (Å²) in [6.07, 6.45) is 0. The molecule has 0 saturated carbocycles. The molecule has 0 heterocycles. The molecule has 11 nitrogen and oxygen atoms in total. The minimum atomic E-state index is -0.723. The lowest BCUT2D eigenvalue weighted by atomic mass is 10.1. The van der Waals surface area contributed by atoms with E-state index in [2.05, 4.69) is 10.6 Å². The van der Waals surface area contributed by atoms with Crippen LogP contribution in [0.25, 0.3) is 0 Å². The molecule has 2 rings (SSSR count). The zero-order chi connectivity index (χ0) is 23.5. The lowest BCUT2D eigenvalue weighted by Crippen LogP contribution is -2.28. The van der Waals surface area contributed by atoms with E-state index in [0.29, 0.717) is 18.0 Å². The Hall–Kier alpha value is -3.86. The average molecular weight is 447 g/mol. The third-order valence-electron chi connectivity index (χ3n) is 4.10. The average Bonchev–Trinajstić information content (AvgIpc) is 2.77. The van der Waals surface area contributed by atoms with Crippen LogP contribution in [0.1, 0.15) is 17.3 Å². The largest absolute Gasteiger partial charge is 0.493 e. The summed E-state index contributed by atoms with van der Waals surface area (Å²) >= 11 is 0. The van der Waals surface area contributed by atoms with E-state index in [0.717, 1.165) is 6.07 Å². The second-order valence-electron chi connectivity index (χ2n) is 6.34. The molecule has 0 aromatic heterocycles. The van der Waals surface area contributed by atoms with E-state index in [1.165, 1.54) is 26.4 Å². The van der Waals surface area contributed by atoms with Gasteiger partial charge in [0, 0.05) is 31.5 Å². The first-order valence-corrected chi connectivity index (χ1v) is 9.68. The first kappa shape index (κ1) is 24.4. The van der Waals surface area contributed by atoms with Crippen LogP contribution in [0.4, 0.5) is 11.4 Å². The summed E-state index contributed by atoms with van der Waals surface area (Å²) in [7, 11) is 2.86. The van der Waals surface area contributed by atoms with Crippen molar-refractivity contribution in [3.8, 4) is 17.2 Å². The number of hydrogen-bond donors (Lipinski definition) is 2. The number of rotatable bonds is 12. The fraction of sp³-hybridized carbons (Fsp3) is 0.333. The van der Waals surface area contributed by atoms with Gasteiger partial charge in [0.05, 0.1) is 24.7 Å². The fourth-order valence-corrected chi connectivity index (χ4v) is 2.65. The maximum absolute atomic E-state index is 12.8. The molecule has 172 valence electrons. The van der Waals surface area contributed by atoms with Gasteiger partial charge in [0.15, 0.2) is 18.1 Å². The number of carbonyl (C=O) groups excluding carboxylic acids is 2. The van der Waals surface area contributed by atoms with Gasteiger partial charge in [-0.25, -0.2) is 0 Å². The molecule has 0 unspecified atom stereocenters. The van der Waals surface area contributed by atoms with Gasteiger partial charge in [-0.05, 0) is 19.1 Å². The van der Waals surface area contributed by atoms with Gasteiger partial charge in [0.1, 0.15) is 17.9 Å². The van der Waals surface area contributed by atoms with E-state index in [9.17, 15) is 19.7 Å². The van der Waals surface area contributed by atoms with Crippen LogP contribution in [-0.4, -0.2) is 57.3 Å². The zero-order valence-corrected chi connectivity index (χ0v) is 18.0. The number of nitro benzene ring substituents is 1. The number of carbonyl (C=O) groups is 2. The van der Waals surface area contributed by atoms with Crippen molar-refractivity contribution in [2.24, 2.45) is 0 Å². The maximum Gasteiger partial charge on any atom is 0.286 e. The summed E-state index contributed by atoms with van der Waals surface area (Å²) < 4.78 is 21.0. The van der Waals surface area contributed by atoms with Crippen LogP contribution in [-0.2, 0) is 9.53 Å². The molecular formula is C21H25N3O8. The Balaban J connectivity index is 2.22. The molecule has 0 bridgehead atoms. The quantitative estimate of drug-likeness (QED) is 0.287. The van der Waals surface area contributed by atoms with Crippen molar-refractivity contribution in [3.05, 3.63) is 52.1 Å². The Bertz CT molecular complexity index is 964. The lowest BCUT2D eigenvalue weighted by Gasteiger charge is -2.13. The van der Waals surface area contributed by atoms with E-state index in [1.54, 1.807) is 25.1 Å². The maximum atomic E-state index is 12.8. The molecule has 32 heavy (non-hydrogen) atoms. The van der Waals surface area contributed by atoms with Gasteiger partial charge >= 0.3 is 0 Å². The van der Waals surface area contributed by atoms with Crippen LogP contribution >= 0.6 is 0 Å². The molecule has 2 N–H and O–H groups in total. The van der Waals surface area contributed by atoms with Crippen molar-refractivity contribution >= 4 is 23.2 Å². The van der Waals surface area contributed by atoms with Crippen LogP contribution in [0.2, 0.25) is 0 Å².